The summed E-state index contributed by atoms with van der Waals surface area (Å²) in [6.45, 7) is 2.75. The van der Waals surface area contributed by atoms with Crippen molar-refractivity contribution in [1.82, 2.24) is 25.8 Å². The van der Waals surface area contributed by atoms with Crippen LogP contribution in [-0.2, 0) is 0 Å². The summed E-state index contributed by atoms with van der Waals surface area (Å²) >= 11 is 0. The van der Waals surface area contributed by atoms with Gasteiger partial charge in [-0.3, -0.25) is 9.89 Å². The zero-order valence-electron chi connectivity index (χ0n) is 15.3. The van der Waals surface area contributed by atoms with Gasteiger partial charge in [0.2, 0.25) is 0 Å². The van der Waals surface area contributed by atoms with Crippen LogP contribution in [0.25, 0.3) is 22.3 Å². The summed E-state index contributed by atoms with van der Waals surface area (Å²) in [4.78, 5) is 17.6. The molecule has 0 radical (unpaired) electrons. The predicted octanol–water partition coefficient (Wildman–Crippen LogP) is 2.26. The third-order valence-electron chi connectivity index (χ3n) is 5.88. The van der Waals surface area contributed by atoms with Crippen molar-refractivity contribution in [3.63, 3.8) is 0 Å². The number of amides is 1. The van der Waals surface area contributed by atoms with Crippen LogP contribution in [0.3, 0.4) is 0 Å². The Morgan fingerprint density at radius 3 is 2.89 bits per heavy atom. The highest BCUT2D eigenvalue weighted by molar-refractivity contribution is 6.07. The zero-order valence-corrected chi connectivity index (χ0v) is 15.3. The summed E-state index contributed by atoms with van der Waals surface area (Å²) in [5.41, 5.74) is 2.54. The first-order valence-corrected chi connectivity index (χ1v) is 9.38. The number of hydrogen-bond acceptors (Lipinski definition) is 5. The molecule has 1 saturated heterocycles. The van der Waals surface area contributed by atoms with E-state index in [1.54, 1.807) is 12.1 Å². The van der Waals surface area contributed by atoms with E-state index in [9.17, 15) is 14.3 Å². The number of rotatable bonds is 3. The van der Waals surface area contributed by atoms with E-state index in [-0.39, 0.29) is 11.9 Å². The van der Waals surface area contributed by atoms with Gasteiger partial charge in [-0.15, -0.1) is 0 Å². The van der Waals surface area contributed by atoms with Gasteiger partial charge in [0.05, 0.1) is 22.3 Å². The molecule has 2 fully saturated rings. The molecule has 2 bridgehead atoms. The molecule has 5 rings (SSSR count). The molecule has 3 aromatic rings. The van der Waals surface area contributed by atoms with Gasteiger partial charge in [-0.05, 0) is 49.9 Å². The number of halogens is 1. The number of carbonyl (C=O) groups is 1. The lowest BCUT2D eigenvalue weighted by molar-refractivity contribution is 0.0926. The molecule has 2 aliphatic rings. The number of aryl methyl sites for hydroxylation is 1. The quantitative estimate of drug-likeness (QED) is 0.557. The van der Waals surface area contributed by atoms with Crippen molar-refractivity contribution in [3.05, 3.63) is 41.3 Å². The Balaban J connectivity index is 1.55. The number of aromatic nitrogens is 3. The number of nitrogens with zero attached hydrogens (tertiary/aromatic N) is 2. The number of piperidine rings is 1. The first kappa shape index (κ1) is 17.1. The predicted molar refractivity (Wildman–Crippen MR) is 101 cm³/mol. The minimum absolute atomic E-state index is 0.156. The second-order valence-electron chi connectivity index (χ2n) is 7.67. The number of H-pyrrole nitrogens is 1. The summed E-state index contributed by atoms with van der Waals surface area (Å²) in [6.07, 6.45) is 2.03. The molecule has 144 valence electrons. The van der Waals surface area contributed by atoms with Crippen LogP contribution in [0.1, 0.15) is 28.9 Å². The second-order valence-corrected chi connectivity index (χ2v) is 7.67. The van der Waals surface area contributed by atoms with Crippen LogP contribution in [0.2, 0.25) is 0 Å². The van der Waals surface area contributed by atoms with Crippen LogP contribution in [0, 0.1) is 18.7 Å². The highest BCUT2D eigenvalue weighted by Gasteiger charge is 2.40. The molecular weight excluding hydrogens is 361 g/mol. The monoisotopic (exact) mass is 381 g/mol. The number of phenols is 1. The maximum Gasteiger partial charge on any atom is 0.252 e. The molecule has 1 saturated carbocycles. The fraction of sp³-hybridized carbons (Fsp3) is 0.350. The molecule has 0 spiro atoms. The Morgan fingerprint density at radius 2 is 2.18 bits per heavy atom. The molecule has 1 aliphatic heterocycles. The molecule has 3 unspecified atom stereocenters. The Bertz CT molecular complexity index is 1100. The van der Waals surface area contributed by atoms with Crippen molar-refractivity contribution in [3.8, 4) is 17.0 Å². The molecule has 1 amide bonds. The molecule has 1 aromatic carbocycles. The number of carbonyl (C=O) groups excluding carboxylic acids is 1. The average molecular weight is 381 g/mol. The highest BCUT2D eigenvalue weighted by Crippen LogP contribution is 2.32. The lowest BCUT2D eigenvalue weighted by Crippen LogP contribution is -2.44. The zero-order chi connectivity index (χ0) is 19.4. The molecule has 8 heteroatoms. The topological polar surface area (TPSA) is 103 Å². The van der Waals surface area contributed by atoms with Crippen molar-refractivity contribution in [2.45, 2.75) is 31.8 Å². The number of phenolic OH excluding ortho intramolecular Hbond substituents is 1. The Hall–Kier alpha value is -3.00. The van der Waals surface area contributed by atoms with Crippen LogP contribution in [0.15, 0.2) is 24.3 Å². The fourth-order valence-corrected chi connectivity index (χ4v) is 4.44. The number of aromatic amines is 1. The fourth-order valence-electron chi connectivity index (χ4n) is 4.44. The van der Waals surface area contributed by atoms with Gasteiger partial charge >= 0.3 is 0 Å². The van der Waals surface area contributed by atoms with Crippen LogP contribution < -0.4 is 10.6 Å². The van der Waals surface area contributed by atoms with E-state index >= 15 is 0 Å². The Morgan fingerprint density at radius 1 is 1.32 bits per heavy atom. The average Bonchev–Trinajstić information content (AvgIpc) is 3.39. The number of hydrogen-bond donors (Lipinski definition) is 4. The minimum Gasteiger partial charge on any atom is -0.505 e. The van der Waals surface area contributed by atoms with Crippen molar-refractivity contribution in [2.24, 2.45) is 5.92 Å². The van der Waals surface area contributed by atoms with Gasteiger partial charge in [0, 0.05) is 24.2 Å². The molecule has 4 N–H and O–H groups in total. The number of aromatic hydroxyl groups is 1. The summed E-state index contributed by atoms with van der Waals surface area (Å²) < 4.78 is 13.8. The first-order chi connectivity index (χ1) is 13.5. The maximum atomic E-state index is 13.8. The Kier molecular flexibility index (Phi) is 3.83. The van der Waals surface area contributed by atoms with Crippen molar-refractivity contribution < 1.29 is 14.3 Å². The molecule has 3 heterocycles. The van der Waals surface area contributed by atoms with Gasteiger partial charge in [-0.1, -0.05) is 0 Å². The van der Waals surface area contributed by atoms with Gasteiger partial charge in [-0.25, -0.2) is 9.37 Å². The van der Waals surface area contributed by atoms with Crippen LogP contribution >= 0.6 is 0 Å². The van der Waals surface area contributed by atoms with Gasteiger partial charge in [0.25, 0.3) is 5.91 Å². The normalized spacial score (nSPS) is 23.4. The molecule has 28 heavy (non-hydrogen) atoms. The van der Waals surface area contributed by atoms with Gasteiger partial charge < -0.3 is 15.7 Å². The van der Waals surface area contributed by atoms with Crippen LogP contribution in [0.4, 0.5) is 4.39 Å². The molecule has 7 nitrogen and oxygen atoms in total. The van der Waals surface area contributed by atoms with E-state index in [1.165, 1.54) is 12.1 Å². The molecule has 2 aromatic heterocycles. The highest BCUT2D eigenvalue weighted by atomic mass is 19.1. The second kappa shape index (κ2) is 6.27. The van der Waals surface area contributed by atoms with Crippen molar-refractivity contribution in [2.75, 3.05) is 6.54 Å². The number of fused-ring (bicyclic) bond motifs is 3. The standard InChI is InChI=1S/C20H20FN5O2/c1-9-18-13(20(28)24-15-6-12-4-11(15)8-22-12)7-16(23-19(18)26-25-9)10-2-3-17(27)14(21)5-10/h2-3,5,7,11-12,15,22,27H,4,6,8H2,1H3,(H,24,28)(H,23,25,26). The minimum atomic E-state index is -0.735. The van der Waals surface area contributed by atoms with Crippen LogP contribution in [-0.4, -0.2) is 44.8 Å². The first-order valence-electron chi connectivity index (χ1n) is 9.38. The third-order valence-corrected chi connectivity index (χ3v) is 5.88. The SMILES string of the molecule is Cc1n[nH]c2nc(-c3ccc(O)c(F)c3)cc(C(=O)NC3CC4CC3CN4)c12. The Labute approximate surface area is 160 Å². The lowest BCUT2D eigenvalue weighted by atomic mass is 10.0. The summed E-state index contributed by atoms with van der Waals surface area (Å²) in [5, 5.41) is 23.8. The summed E-state index contributed by atoms with van der Waals surface area (Å²) in [5.74, 6) is -0.872. The molecular formula is C20H20FN5O2. The van der Waals surface area contributed by atoms with E-state index in [2.05, 4.69) is 25.8 Å². The summed E-state index contributed by atoms with van der Waals surface area (Å²) in [6, 6.07) is 6.35. The van der Waals surface area contributed by atoms with Crippen LogP contribution in [0.5, 0.6) is 5.75 Å². The van der Waals surface area contributed by atoms with E-state index in [1.807, 2.05) is 6.92 Å². The number of nitrogens with one attached hydrogen (secondary N) is 3. The van der Waals surface area contributed by atoms with E-state index in [0.29, 0.717) is 45.5 Å². The largest absolute Gasteiger partial charge is 0.505 e. The van der Waals surface area contributed by atoms with Gasteiger partial charge in [0.1, 0.15) is 0 Å². The van der Waals surface area contributed by atoms with Gasteiger partial charge in [0.15, 0.2) is 17.2 Å². The third kappa shape index (κ3) is 2.72. The smallest absolute Gasteiger partial charge is 0.252 e. The molecule has 3 atom stereocenters. The van der Waals surface area contributed by atoms with Gasteiger partial charge in [-0.2, -0.15) is 5.10 Å². The van der Waals surface area contributed by atoms with E-state index in [4.69, 9.17) is 0 Å². The van der Waals surface area contributed by atoms with E-state index < -0.39 is 11.6 Å². The van der Waals surface area contributed by atoms with E-state index in [0.717, 1.165) is 19.4 Å². The van der Waals surface area contributed by atoms with Crippen molar-refractivity contribution >= 4 is 16.9 Å². The maximum absolute atomic E-state index is 13.8. The molecule has 1 aliphatic carbocycles. The summed E-state index contributed by atoms with van der Waals surface area (Å²) in [7, 11) is 0. The number of benzene rings is 1. The van der Waals surface area contributed by atoms with Crippen molar-refractivity contribution in [1.29, 1.82) is 0 Å². The number of pyridine rings is 1. The lowest BCUT2D eigenvalue weighted by Gasteiger charge is -2.23.